The lowest BCUT2D eigenvalue weighted by Gasteiger charge is -2.39. The summed E-state index contributed by atoms with van der Waals surface area (Å²) >= 11 is 1.81. The van der Waals surface area contributed by atoms with Crippen molar-refractivity contribution in [1.29, 1.82) is 0 Å². The number of aliphatic hydroxyl groups is 1. The number of thiophene rings is 1. The normalized spacial score (nSPS) is 22.6. The van der Waals surface area contributed by atoms with Gasteiger partial charge in [0.1, 0.15) is 5.75 Å². The Kier molecular flexibility index (Phi) is 8.43. The van der Waals surface area contributed by atoms with E-state index in [2.05, 4.69) is 81.2 Å². The van der Waals surface area contributed by atoms with Crippen molar-refractivity contribution in [3.63, 3.8) is 0 Å². The maximum Gasteiger partial charge on any atom is 0.118 e. The van der Waals surface area contributed by atoms with Gasteiger partial charge < -0.3 is 14.7 Å². The van der Waals surface area contributed by atoms with E-state index in [0.717, 1.165) is 77.1 Å². The monoisotopic (exact) mass is 504 g/mol. The van der Waals surface area contributed by atoms with Crippen molar-refractivity contribution in [3.05, 3.63) is 88.1 Å². The fraction of sp³-hybridized carbons (Fsp3) is 0.484. The van der Waals surface area contributed by atoms with Gasteiger partial charge in [-0.25, -0.2) is 0 Å². The molecule has 0 aliphatic carbocycles. The summed E-state index contributed by atoms with van der Waals surface area (Å²) in [5, 5.41) is 15.8. The molecular weight excluding hydrogens is 464 g/mol. The number of methoxy groups -OCH3 is 1. The van der Waals surface area contributed by atoms with Gasteiger partial charge in [-0.15, -0.1) is 0 Å². The van der Waals surface area contributed by atoms with Crippen LogP contribution in [0.1, 0.15) is 48.3 Å². The second-order valence-electron chi connectivity index (χ2n) is 10.8. The summed E-state index contributed by atoms with van der Waals surface area (Å²) in [5.74, 6) is 2.13. The van der Waals surface area contributed by atoms with Gasteiger partial charge in [0.25, 0.3) is 0 Å². The fourth-order valence-electron chi connectivity index (χ4n) is 6.13. The molecule has 1 aromatic heterocycles. The summed E-state index contributed by atoms with van der Waals surface area (Å²) in [7, 11) is 1.72. The molecule has 0 bridgehead atoms. The second-order valence-corrected chi connectivity index (χ2v) is 11.6. The third kappa shape index (κ3) is 6.57. The SMILES string of the molecule is COc1ccc(CN2CC(CN3CCC(O)(CCCc4ccccc4)CC3)C(c3ccsc3)C2)cc1. The lowest BCUT2D eigenvalue weighted by Crippen LogP contribution is -2.46. The Hall–Kier alpha value is -2.18. The van der Waals surface area contributed by atoms with Crippen molar-refractivity contribution in [2.24, 2.45) is 5.92 Å². The molecule has 36 heavy (non-hydrogen) atoms. The molecule has 2 aliphatic rings. The minimum absolute atomic E-state index is 0.492. The summed E-state index contributed by atoms with van der Waals surface area (Å²) in [5.41, 5.74) is 3.72. The van der Waals surface area contributed by atoms with E-state index in [4.69, 9.17) is 4.74 Å². The molecule has 5 rings (SSSR count). The van der Waals surface area contributed by atoms with Crippen LogP contribution in [0.2, 0.25) is 0 Å². The first-order valence-electron chi connectivity index (χ1n) is 13.5. The molecule has 1 N–H and O–H groups in total. The molecule has 4 nitrogen and oxygen atoms in total. The first-order chi connectivity index (χ1) is 17.6. The number of hydrogen-bond acceptors (Lipinski definition) is 5. The molecule has 2 aliphatic heterocycles. The molecule has 2 unspecified atom stereocenters. The highest BCUT2D eigenvalue weighted by molar-refractivity contribution is 7.08. The van der Waals surface area contributed by atoms with Gasteiger partial charge in [-0.2, -0.15) is 11.3 Å². The first kappa shape index (κ1) is 25.5. The van der Waals surface area contributed by atoms with Crippen molar-refractivity contribution in [2.75, 3.05) is 39.8 Å². The number of nitrogens with zero attached hydrogens (tertiary/aromatic N) is 2. The quantitative estimate of drug-likeness (QED) is 0.377. The van der Waals surface area contributed by atoms with Crippen molar-refractivity contribution in [2.45, 2.75) is 50.2 Å². The molecule has 0 spiro atoms. The van der Waals surface area contributed by atoms with Gasteiger partial charge in [-0.3, -0.25) is 4.90 Å². The largest absolute Gasteiger partial charge is 0.497 e. The van der Waals surface area contributed by atoms with Gasteiger partial charge >= 0.3 is 0 Å². The topological polar surface area (TPSA) is 35.9 Å². The van der Waals surface area contributed by atoms with E-state index in [-0.39, 0.29) is 0 Å². The van der Waals surface area contributed by atoms with Gasteiger partial charge in [-0.1, -0.05) is 42.5 Å². The molecule has 2 aromatic carbocycles. The number of rotatable bonds is 10. The predicted octanol–water partition coefficient (Wildman–Crippen LogP) is 5.82. The van der Waals surface area contributed by atoms with E-state index >= 15 is 0 Å². The molecule has 192 valence electrons. The van der Waals surface area contributed by atoms with Crippen LogP contribution >= 0.6 is 11.3 Å². The zero-order valence-corrected chi connectivity index (χ0v) is 22.3. The van der Waals surface area contributed by atoms with Crippen molar-refractivity contribution >= 4 is 11.3 Å². The van der Waals surface area contributed by atoms with Crippen LogP contribution in [0.4, 0.5) is 0 Å². The van der Waals surface area contributed by atoms with Crippen LogP contribution in [0.5, 0.6) is 5.75 Å². The van der Waals surface area contributed by atoms with E-state index < -0.39 is 5.60 Å². The Balaban J connectivity index is 1.14. The van der Waals surface area contributed by atoms with Crippen LogP contribution in [0.3, 0.4) is 0 Å². The molecule has 5 heteroatoms. The minimum atomic E-state index is -0.492. The molecule has 0 amide bonds. The summed E-state index contributed by atoms with van der Waals surface area (Å²) < 4.78 is 5.33. The number of aryl methyl sites for hydroxylation is 1. The number of benzene rings is 2. The molecule has 2 atom stereocenters. The van der Waals surface area contributed by atoms with Crippen LogP contribution in [-0.2, 0) is 13.0 Å². The Labute approximate surface area is 220 Å². The Bertz CT molecular complexity index is 1050. The van der Waals surface area contributed by atoms with Gasteiger partial charge in [-0.05, 0) is 83.7 Å². The molecule has 2 fully saturated rings. The second kappa shape index (κ2) is 11.9. The van der Waals surface area contributed by atoms with Crippen molar-refractivity contribution < 1.29 is 9.84 Å². The summed E-state index contributed by atoms with van der Waals surface area (Å²) in [4.78, 5) is 5.24. The maximum absolute atomic E-state index is 11.2. The summed E-state index contributed by atoms with van der Waals surface area (Å²) in [6.45, 7) is 6.37. The van der Waals surface area contributed by atoms with E-state index in [0.29, 0.717) is 11.8 Å². The zero-order valence-electron chi connectivity index (χ0n) is 21.5. The zero-order chi connectivity index (χ0) is 24.8. The number of likely N-dealkylation sites (tertiary alicyclic amines) is 2. The first-order valence-corrected chi connectivity index (χ1v) is 14.4. The lowest BCUT2D eigenvalue weighted by atomic mass is 9.84. The van der Waals surface area contributed by atoms with Crippen LogP contribution < -0.4 is 4.74 Å². The third-order valence-electron chi connectivity index (χ3n) is 8.28. The fourth-order valence-corrected chi connectivity index (χ4v) is 6.85. The van der Waals surface area contributed by atoms with E-state index in [1.807, 2.05) is 11.3 Å². The lowest BCUT2D eigenvalue weighted by molar-refractivity contribution is -0.0316. The molecule has 3 heterocycles. The highest BCUT2D eigenvalue weighted by atomic mass is 32.1. The third-order valence-corrected chi connectivity index (χ3v) is 8.98. The van der Waals surface area contributed by atoms with Crippen molar-refractivity contribution in [1.82, 2.24) is 9.80 Å². The molecule has 0 saturated carbocycles. The highest BCUT2D eigenvalue weighted by Crippen LogP contribution is 2.36. The molecule has 3 aromatic rings. The van der Waals surface area contributed by atoms with Crippen LogP contribution in [0.25, 0.3) is 0 Å². The van der Waals surface area contributed by atoms with E-state index in [9.17, 15) is 5.11 Å². The Morgan fingerprint density at radius 1 is 0.944 bits per heavy atom. The molecule has 0 radical (unpaired) electrons. The Morgan fingerprint density at radius 2 is 1.72 bits per heavy atom. The Morgan fingerprint density at radius 3 is 2.42 bits per heavy atom. The highest BCUT2D eigenvalue weighted by Gasteiger charge is 2.37. The minimum Gasteiger partial charge on any atom is -0.497 e. The summed E-state index contributed by atoms with van der Waals surface area (Å²) in [6, 6.07) is 21.5. The standard InChI is InChI=1S/C31H40N2O2S/c1-35-29-11-9-26(10-12-29)20-33-22-28(30(23-33)27-13-19-36-24-27)21-32-17-15-31(34,16-18-32)14-5-8-25-6-3-2-4-7-25/h2-4,6-7,9-13,19,24,28,30,34H,5,8,14-18,20-23H2,1H3. The van der Waals surface area contributed by atoms with Crippen LogP contribution in [0.15, 0.2) is 71.4 Å². The van der Waals surface area contributed by atoms with Gasteiger partial charge in [0.05, 0.1) is 12.7 Å². The van der Waals surface area contributed by atoms with Gasteiger partial charge in [0.2, 0.25) is 0 Å². The number of ether oxygens (including phenoxy) is 1. The van der Waals surface area contributed by atoms with E-state index in [1.165, 1.54) is 16.7 Å². The van der Waals surface area contributed by atoms with Gasteiger partial charge in [0.15, 0.2) is 0 Å². The average Bonchev–Trinajstić information content (AvgIpc) is 3.57. The van der Waals surface area contributed by atoms with Crippen LogP contribution in [-0.4, -0.2) is 60.3 Å². The molecular formula is C31H40N2O2S. The average molecular weight is 505 g/mol. The van der Waals surface area contributed by atoms with Crippen LogP contribution in [0, 0.1) is 5.92 Å². The van der Waals surface area contributed by atoms with Gasteiger partial charge in [0, 0.05) is 45.2 Å². The smallest absolute Gasteiger partial charge is 0.118 e. The van der Waals surface area contributed by atoms with E-state index in [1.54, 1.807) is 7.11 Å². The number of piperidine rings is 1. The van der Waals surface area contributed by atoms with Crippen molar-refractivity contribution in [3.8, 4) is 5.75 Å². The summed E-state index contributed by atoms with van der Waals surface area (Å²) in [6.07, 6.45) is 4.82. The number of hydrogen-bond donors (Lipinski definition) is 1. The maximum atomic E-state index is 11.2. The molecule has 2 saturated heterocycles. The predicted molar refractivity (Wildman–Crippen MR) is 149 cm³/mol.